The molecule has 1 atom stereocenters. The molecule has 1 saturated heterocycles. The molecule has 1 aromatic heterocycles. The molecule has 1 aliphatic heterocycles. The Morgan fingerprint density at radius 2 is 1.88 bits per heavy atom. The zero-order chi connectivity index (χ0) is 18.4. The van der Waals surface area contributed by atoms with Crippen molar-refractivity contribution < 1.29 is 9.53 Å². The third kappa shape index (κ3) is 4.32. The first-order valence-electron chi connectivity index (χ1n) is 8.98. The van der Waals surface area contributed by atoms with Gasteiger partial charge >= 0.3 is 0 Å². The molecule has 1 fully saturated rings. The summed E-state index contributed by atoms with van der Waals surface area (Å²) in [7, 11) is 1.64. The van der Waals surface area contributed by atoms with E-state index >= 15 is 0 Å². The first-order valence-corrected chi connectivity index (χ1v) is 8.98. The van der Waals surface area contributed by atoms with E-state index in [0.29, 0.717) is 6.54 Å². The maximum atomic E-state index is 12.5. The first-order chi connectivity index (χ1) is 12.7. The van der Waals surface area contributed by atoms with E-state index < -0.39 is 0 Å². The summed E-state index contributed by atoms with van der Waals surface area (Å²) in [6.45, 7) is 5.89. The Balaban J connectivity index is 1.50. The first kappa shape index (κ1) is 18.2. The molecule has 1 aromatic carbocycles. The number of rotatable bonds is 6. The molecule has 0 saturated carbocycles. The normalized spacial score (nSPS) is 16.2. The lowest BCUT2D eigenvalue weighted by atomic mass is 10.1. The smallest absolute Gasteiger partial charge is 0.237 e. The molecule has 1 N–H and O–H groups in total. The summed E-state index contributed by atoms with van der Waals surface area (Å²) in [5, 5.41) is 3.03. The summed E-state index contributed by atoms with van der Waals surface area (Å²) < 4.78 is 5.34. The third-order valence-corrected chi connectivity index (χ3v) is 4.86. The highest BCUT2D eigenvalue weighted by Crippen LogP contribution is 2.17. The Hall–Kier alpha value is -2.60. The Labute approximate surface area is 154 Å². The van der Waals surface area contributed by atoms with Crippen LogP contribution < -0.4 is 15.0 Å². The van der Waals surface area contributed by atoms with Crippen LogP contribution in [0, 0.1) is 0 Å². The predicted octanol–water partition coefficient (Wildman–Crippen LogP) is 1.92. The molecule has 6 nitrogen and oxygen atoms in total. The fourth-order valence-electron chi connectivity index (χ4n) is 3.22. The Morgan fingerprint density at radius 1 is 1.15 bits per heavy atom. The van der Waals surface area contributed by atoms with E-state index in [2.05, 4.69) is 20.1 Å². The van der Waals surface area contributed by atoms with E-state index in [1.807, 2.05) is 55.6 Å². The van der Waals surface area contributed by atoms with Crippen LogP contribution in [-0.2, 0) is 11.3 Å². The lowest BCUT2D eigenvalue weighted by Gasteiger charge is -2.37. The molecule has 0 aliphatic carbocycles. The van der Waals surface area contributed by atoms with Gasteiger partial charge in [-0.05, 0) is 25.1 Å². The second-order valence-corrected chi connectivity index (χ2v) is 6.42. The van der Waals surface area contributed by atoms with E-state index in [-0.39, 0.29) is 11.9 Å². The van der Waals surface area contributed by atoms with Crippen LogP contribution in [0.3, 0.4) is 0 Å². The standard InChI is InChI=1S/C20H26N4O2/c1-16(20(25)22-15-17-7-3-4-8-18(17)26-2)23-11-13-24(14-12-23)19-9-5-6-10-21-19/h3-10,16H,11-15H2,1-2H3,(H,22,25). The Morgan fingerprint density at radius 3 is 2.58 bits per heavy atom. The zero-order valence-electron chi connectivity index (χ0n) is 15.4. The number of anilines is 1. The maximum Gasteiger partial charge on any atom is 0.237 e. The second-order valence-electron chi connectivity index (χ2n) is 6.42. The van der Waals surface area contributed by atoms with Gasteiger partial charge in [0.25, 0.3) is 0 Å². The van der Waals surface area contributed by atoms with E-state index in [1.54, 1.807) is 7.11 Å². The summed E-state index contributed by atoms with van der Waals surface area (Å²) in [6.07, 6.45) is 1.82. The molecule has 2 aromatic rings. The van der Waals surface area contributed by atoms with E-state index in [1.165, 1.54) is 0 Å². The number of methoxy groups -OCH3 is 1. The van der Waals surface area contributed by atoms with E-state index in [4.69, 9.17) is 4.74 Å². The number of para-hydroxylation sites is 1. The minimum atomic E-state index is -0.157. The molecule has 0 radical (unpaired) electrons. The molecule has 1 amide bonds. The molecule has 3 rings (SSSR count). The number of aromatic nitrogens is 1. The molecule has 2 heterocycles. The van der Waals surface area contributed by atoms with Crippen molar-refractivity contribution in [1.82, 2.24) is 15.2 Å². The number of carbonyl (C=O) groups is 1. The van der Waals surface area contributed by atoms with E-state index in [9.17, 15) is 4.79 Å². The quantitative estimate of drug-likeness (QED) is 0.859. The van der Waals surface area contributed by atoms with Crippen molar-refractivity contribution in [3.8, 4) is 5.75 Å². The number of nitrogens with zero attached hydrogens (tertiary/aromatic N) is 3. The largest absolute Gasteiger partial charge is 0.496 e. The van der Waals surface area contributed by atoms with Gasteiger partial charge in [-0.2, -0.15) is 0 Å². The molecule has 1 aliphatic rings. The van der Waals surface area contributed by atoms with E-state index in [0.717, 1.165) is 43.3 Å². The fourth-order valence-corrected chi connectivity index (χ4v) is 3.22. The van der Waals surface area contributed by atoms with Crippen molar-refractivity contribution in [3.63, 3.8) is 0 Å². The number of nitrogens with one attached hydrogen (secondary N) is 1. The number of carbonyl (C=O) groups excluding carboxylic acids is 1. The topological polar surface area (TPSA) is 57.7 Å². The molecular weight excluding hydrogens is 328 g/mol. The average Bonchev–Trinajstić information content (AvgIpc) is 2.72. The number of benzene rings is 1. The van der Waals surface area contributed by atoms with Gasteiger partial charge in [0.1, 0.15) is 11.6 Å². The van der Waals surface area contributed by atoms with Gasteiger partial charge in [0.05, 0.1) is 13.2 Å². The summed E-state index contributed by atoms with van der Waals surface area (Å²) in [5.41, 5.74) is 0.982. The highest BCUT2D eigenvalue weighted by Gasteiger charge is 2.25. The molecule has 0 bridgehead atoms. The van der Waals surface area contributed by atoms with Crippen molar-refractivity contribution >= 4 is 11.7 Å². The maximum absolute atomic E-state index is 12.5. The highest BCUT2D eigenvalue weighted by atomic mass is 16.5. The van der Waals surface area contributed by atoms with Gasteiger partial charge in [0.15, 0.2) is 0 Å². The Bertz CT molecular complexity index is 715. The zero-order valence-corrected chi connectivity index (χ0v) is 15.4. The van der Waals surface area contributed by atoms with Crippen molar-refractivity contribution in [2.45, 2.75) is 19.5 Å². The molecule has 6 heteroatoms. The number of hydrogen-bond acceptors (Lipinski definition) is 5. The van der Waals surface area contributed by atoms with Crippen LogP contribution in [0.4, 0.5) is 5.82 Å². The lowest BCUT2D eigenvalue weighted by Crippen LogP contribution is -2.54. The number of amides is 1. The minimum absolute atomic E-state index is 0.0437. The van der Waals surface area contributed by atoms with Gasteiger partial charge in [-0.15, -0.1) is 0 Å². The van der Waals surface area contributed by atoms with Gasteiger partial charge in [-0.3, -0.25) is 9.69 Å². The van der Waals surface area contributed by atoms with Crippen LogP contribution in [0.15, 0.2) is 48.7 Å². The van der Waals surface area contributed by atoms with Gasteiger partial charge in [0.2, 0.25) is 5.91 Å². The number of hydrogen-bond donors (Lipinski definition) is 1. The summed E-state index contributed by atoms with van der Waals surface area (Å²) in [4.78, 5) is 21.4. The molecule has 138 valence electrons. The SMILES string of the molecule is COc1ccccc1CNC(=O)C(C)N1CCN(c2ccccn2)CC1. The predicted molar refractivity (Wildman–Crippen MR) is 102 cm³/mol. The van der Waals surface area contributed by atoms with Crippen LogP contribution in [0.5, 0.6) is 5.75 Å². The summed E-state index contributed by atoms with van der Waals surface area (Å²) in [5.74, 6) is 1.84. The van der Waals surface area contributed by atoms with Crippen LogP contribution in [-0.4, -0.2) is 55.1 Å². The van der Waals surface area contributed by atoms with Crippen molar-refractivity contribution in [1.29, 1.82) is 0 Å². The number of pyridine rings is 1. The van der Waals surface area contributed by atoms with Gasteiger partial charge < -0.3 is 15.0 Å². The summed E-state index contributed by atoms with van der Waals surface area (Å²) in [6, 6.07) is 13.5. The average molecular weight is 354 g/mol. The highest BCUT2D eigenvalue weighted by molar-refractivity contribution is 5.81. The third-order valence-electron chi connectivity index (χ3n) is 4.86. The number of ether oxygens (including phenoxy) is 1. The van der Waals surface area contributed by atoms with Crippen LogP contribution in [0.2, 0.25) is 0 Å². The van der Waals surface area contributed by atoms with Gasteiger partial charge in [-0.1, -0.05) is 24.3 Å². The lowest BCUT2D eigenvalue weighted by molar-refractivity contribution is -0.126. The molecule has 26 heavy (non-hydrogen) atoms. The fraction of sp³-hybridized carbons (Fsp3) is 0.400. The Kier molecular flexibility index (Phi) is 6.07. The van der Waals surface area contributed by atoms with Crippen molar-refractivity contribution in [2.75, 3.05) is 38.2 Å². The molecule has 0 spiro atoms. The van der Waals surface area contributed by atoms with Crippen LogP contribution in [0.25, 0.3) is 0 Å². The van der Waals surface area contributed by atoms with Gasteiger partial charge in [-0.25, -0.2) is 4.98 Å². The van der Waals surface area contributed by atoms with Crippen molar-refractivity contribution in [2.24, 2.45) is 0 Å². The monoisotopic (exact) mass is 354 g/mol. The second kappa shape index (κ2) is 8.67. The number of piperazine rings is 1. The molecular formula is C20H26N4O2. The minimum Gasteiger partial charge on any atom is -0.496 e. The summed E-state index contributed by atoms with van der Waals surface area (Å²) >= 11 is 0. The van der Waals surface area contributed by atoms with Gasteiger partial charge in [0, 0.05) is 44.5 Å². The van der Waals surface area contributed by atoms with Crippen LogP contribution >= 0.6 is 0 Å². The molecule has 1 unspecified atom stereocenters. The van der Waals surface area contributed by atoms with Crippen LogP contribution in [0.1, 0.15) is 12.5 Å². The van der Waals surface area contributed by atoms with Crippen molar-refractivity contribution in [3.05, 3.63) is 54.2 Å².